The number of likely N-dealkylation sites (N-methyl/N-ethyl adjacent to an activating group) is 1. The molecule has 0 spiro atoms. The van der Waals surface area contributed by atoms with Crippen LogP contribution in [0.3, 0.4) is 0 Å². The fourth-order valence-electron chi connectivity index (χ4n) is 5.84. The molecule has 10 nitrogen and oxygen atoms in total. The second-order valence-corrected chi connectivity index (χ2v) is 13.4. The van der Waals surface area contributed by atoms with Crippen LogP contribution in [0.1, 0.15) is 47.2 Å². The van der Waals surface area contributed by atoms with Crippen molar-refractivity contribution in [1.29, 1.82) is 0 Å². The van der Waals surface area contributed by atoms with Gasteiger partial charge in [-0.1, -0.05) is 66.7 Å². The lowest BCUT2D eigenvalue weighted by Crippen LogP contribution is -2.39. The topological polar surface area (TPSA) is 141 Å². The van der Waals surface area contributed by atoms with E-state index in [-0.39, 0.29) is 29.5 Å². The zero-order valence-electron chi connectivity index (χ0n) is 25.8. The van der Waals surface area contributed by atoms with Crippen molar-refractivity contribution in [2.24, 2.45) is 0 Å². The van der Waals surface area contributed by atoms with Gasteiger partial charge in [0.2, 0.25) is 0 Å². The Hall–Kier alpha value is -4.36. The largest absolute Gasteiger partial charge is 0.508 e. The van der Waals surface area contributed by atoms with Gasteiger partial charge in [-0.3, -0.25) is 9.71 Å². The van der Waals surface area contributed by atoms with Crippen molar-refractivity contribution in [3.8, 4) is 5.75 Å². The predicted molar refractivity (Wildman–Crippen MR) is 178 cm³/mol. The third kappa shape index (κ3) is 7.79. The predicted octanol–water partition coefficient (Wildman–Crippen LogP) is 5.44. The van der Waals surface area contributed by atoms with Gasteiger partial charge in [0, 0.05) is 42.3 Å². The van der Waals surface area contributed by atoms with Crippen LogP contribution in [-0.2, 0) is 26.1 Å². The number of aromatic nitrogens is 1. The molecule has 1 aromatic heterocycles. The Morgan fingerprint density at radius 1 is 0.936 bits per heavy atom. The highest BCUT2D eigenvalue weighted by atomic mass is 32.2. The number of fused-ring (bicyclic) bond motifs is 1. The maximum absolute atomic E-state index is 13.5. The normalized spacial score (nSPS) is 19.1. The molecule has 1 aliphatic rings. The summed E-state index contributed by atoms with van der Waals surface area (Å²) >= 11 is 0. The van der Waals surface area contributed by atoms with Gasteiger partial charge in [-0.15, -0.1) is 0 Å². The van der Waals surface area contributed by atoms with E-state index in [2.05, 4.69) is 9.71 Å². The number of aromatic hydroxyl groups is 1. The second-order valence-electron chi connectivity index (χ2n) is 11.7. The van der Waals surface area contributed by atoms with E-state index in [0.29, 0.717) is 41.8 Å². The van der Waals surface area contributed by atoms with Gasteiger partial charge in [-0.05, 0) is 60.1 Å². The number of hydrogen-bond donors (Lipinski definition) is 4. The number of benzene rings is 4. The van der Waals surface area contributed by atoms with Gasteiger partial charge >= 0.3 is 0 Å². The molecule has 47 heavy (non-hydrogen) atoms. The SMILES string of the molecule is CN(CC1CC(c2ccc(CO)cc2)OC(c2cccc(NS(=O)(=O)c3cccc4cccnc34)c2)O1)CC(O)c1cccc(O)c1. The Morgan fingerprint density at radius 3 is 2.49 bits per heavy atom. The average Bonchev–Trinajstić information content (AvgIpc) is 3.07. The molecule has 0 bridgehead atoms. The first-order valence-electron chi connectivity index (χ1n) is 15.3. The summed E-state index contributed by atoms with van der Waals surface area (Å²) in [5, 5.41) is 30.9. The molecule has 0 saturated carbocycles. The average molecular weight is 656 g/mol. The quantitative estimate of drug-likeness (QED) is 0.146. The first-order valence-corrected chi connectivity index (χ1v) is 16.8. The lowest BCUT2D eigenvalue weighted by atomic mass is 9.99. The van der Waals surface area contributed by atoms with Crippen molar-refractivity contribution < 1.29 is 33.2 Å². The third-order valence-corrected chi connectivity index (χ3v) is 9.58. The molecule has 4 unspecified atom stereocenters. The Bertz CT molecular complexity index is 1930. The summed E-state index contributed by atoms with van der Waals surface area (Å²) < 4.78 is 42.6. The fourth-order valence-corrected chi connectivity index (χ4v) is 7.07. The molecule has 1 aliphatic heterocycles. The molecule has 0 radical (unpaired) electrons. The smallest absolute Gasteiger partial charge is 0.264 e. The molecule has 2 heterocycles. The number of phenolic OH excluding ortho intramolecular Hbond substituents is 1. The minimum Gasteiger partial charge on any atom is -0.508 e. The second kappa shape index (κ2) is 14.2. The van der Waals surface area contributed by atoms with Gasteiger partial charge in [0.1, 0.15) is 10.6 Å². The van der Waals surface area contributed by atoms with E-state index in [4.69, 9.17) is 9.47 Å². The number of phenols is 1. The van der Waals surface area contributed by atoms with Crippen molar-refractivity contribution in [1.82, 2.24) is 9.88 Å². The third-order valence-electron chi connectivity index (χ3n) is 8.17. The Morgan fingerprint density at radius 2 is 1.70 bits per heavy atom. The van der Waals surface area contributed by atoms with Crippen LogP contribution in [0.25, 0.3) is 10.9 Å². The molecule has 4 atom stereocenters. The number of pyridine rings is 1. The van der Waals surface area contributed by atoms with Gasteiger partial charge in [0.25, 0.3) is 10.0 Å². The summed E-state index contributed by atoms with van der Waals surface area (Å²) in [7, 11) is -2.08. The van der Waals surface area contributed by atoms with E-state index >= 15 is 0 Å². The van der Waals surface area contributed by atoms with Crippen LogP contribution in [0.5, 0.6) is 5.75 Å². The number of anilines is 1. The summed E-state index contributed by atoms with van der Waals surface area (Å²) in [5.41, 5.74) is 3.68. The zero-order chi connectivity index (χ0) is 33.0. The number of nitrogens with zero attached hydrogens (tertiary/aromatic N) is 2. The van der Waals surface area contributed by atoms with E-state index in [1.54, 1.807) is 60.8 Å². The van der Waals surface area contributed by atoms with Crippen LogP contribution in [0, 0.1) is 0 Å². The van der Waals surface area contributed by atoms with Gasteiger partial charge < -0.3 is 29.7 Å². The molecular weight excluding hydrogens is 618 g/mol. The Kier molecular flexibility index (Phi) is 9.83. The number of rotatable bonds is 11. The monoisotopic (exact) mass is 655 g/mol. The highest BCUT2D eigenvalue weighted by molar-refractivity contribution is 7.93. The summed E-state index contributed by atoms with van der Waals surface area (Å²) in [6.45, 7) is 0.719. The number of para-hydroxylation sites is 1. The van der Waals surface area contributed by atoms with E-state index in [1.165, 1.54) is 6.07 Å². The van der Waals surface area contributed by atoms with E-state index in [0.717, 1.165) is 16.5 Å². The van der Waals surface area contributed by atoms with Crippen molar-refractivity contribution in [2.45, 2.75) is 42.5 Å². The number of aliphatic hydroxyl groups is 2. The molecule has 4 aromatic carbocycles. The molecule has 5 aromatic rings. The molecular formula is C36H37N3O7S. The minimum absolute atomic E-state index is 0.0655. The van der Waals surface area contributed by atoms with Crippen LogP contribution >= 0.6 is 0 Å². The minimum atomic E-state index is -3.97. The van der Waals surface area contributed by atoms with Crippen molar-refractivity contribution in [3.05, 3.63) is 132 Å². The maximum Gasteiger partial charge on any atom is 0.264 e. The fraction of sp³-hybridized carbons (Fsp3) is 0.250. The first kappa shape index (κ1) is 32.6. The van der Waals surface area contributed by atoms with Crippen LogP contribution < -0.4 is 4.72 Å². The highest BCUT2D eigenvalue weighted by Crippen LogP contribution is 2.39. The number of aliphatic hydroxyl groups excluding tert-OH is 2. The summed E-state index contributed by atoms with van der Waals surface area (Å²) in [4.78, 5) is 6.34. The lowest BCUT2D eigenvalue weighted by Gasteiger charge is -2.38. The maximum atomic E-state index is 13.5. The van der Waals surface area contributed by atoms with Crippen LogP contribution in [-0.4, -0.2) is 59.9 Å². The zero-order valence-corrected chi connectivity index (χ0v) is 26.6. The number of sulfonamides is 1. The van der Waals surface area contributed by atoms with E-state index in [9.17, 15) is 23.7 Å². The summed E-state index contributed by atoms with van der Waals surface area (Å²) in [6, 6.07) is 29.7. The molecule has 244 valence electrons. The van der Waals surface area contributed by atoms with Crippen molar-refractivity contribution in [2.75, 3.05) is 24.9 Å². The van der Waals surface area contributed by atoms with Crippen molar-refractivity contribution in [3.63, 3.8) is 0 Å². The molecule has 1 fully saturated rings. The van der Waals surface area contributed by atoms with Gasteiger partial charge in [-0.2, -0.15) is 0 Å². The van der Waals surface area contributed by atoms with Gasteiger partial charge in [0.15, 0.2) is 6.29 Å². The number of nitrogens with one attached hydrogen (secondary N) is 1. The molecule has 4 N–H and O–H groups in total. The first-order chi connectivity index (χ1) is 22.7. The molecule has 1 saturated heterocycles. The molecule has 11 heteroatoms. The summed E-state index contributed by atoms with van der Waals surface area (Å²) in [6.07, 6.45) is -0.190. The number of hydrogen-bond acceptors (Lipinski definition) is 9. The highest BCUT2D eigenvalue weighted by Gasteiger charge is 2.33. The van der Waals surface area contributed by atoms with Crippen molar-refractivity contribution >= 4 is 26.6 Å². The standard InChI is InChI=1S/C36H37N3O7S/c1-39(22-32(42)27-7-3-11-30(41)19-27)21-31-20-33(25-15-13-24(23-40)14-16-25)46-36(45-31)28-8-2-10-29(18-28)38-47(43,44)34-12-4-6-26-9-5-17-37-35(26)34/h2-19,31-33,36,38,40-42H,20-23H2,1H3. The summed E-state index contributed by atoms with van der Waals surface area (Å²) in [5.74, 6) is 0.0909. The van der Waals surface area contributed by atoms with Crippen LogP contribution in [0.4, 0.5) is 5.69 Å². The Balaban J connectivity index is 1.23. The molecule has 6 rings (SSSR count). The molecule has 0 amide bonds. The Labute approximate surface area is 273 Å². The molecule has 0 aliphatic carbocycles. The number of ether oxygens (including phenoxy) is 2. The van der Waals surface area contributed by atoms with E-state index < -0.39 is 22.4 Å². The van der Waals surface area contributed by atoms with Gasteiger partial charge in [-0.25, -0.2) is 8.42 Å². The van der Waals surface area contributed by atoms with Gasteiger partial charge in [0.05, 0.1) is 30.4 Å². The van der Waals surface area contributed by atoms with Crippen LogP contribution in [0.2, 0.25) is 0 Å². The van der Waals surface area contributed by atoms with E-state index in [1.807, 2.05) is 54.4 Å². The lowest BCUT2D eigenvalue weighted by molar-refractivity contribution is -0.252. The van der Waals surface area contributed by atoms with Crippen LogP contribution in [0.15, 0.2) is 114 Å².